The molecule has 19 heavy (non-hydrogen) atoms. The molecule has 2 rings (SSSR count). The van der Waals surface area contributed by atoms with Gasteiger partial charge in [0.2, 0.25) is 0 Å². The summed E-state index contributed by atoms with van der Waals surface area (Å²) in [7, 11) is 2.10. The molecule has 1 fully saturated rings. The van der Waals surface area contributed by atoms with Gasteiger partial charge in [-0.3, -0.25) is 0 Å². The molecule has 106 valence electrons. The van der Waals surface area contributed by atoms with Crippen LogP contribution in [-0.2, 0) is 0 Å². The second-order valence-corrected chi connectivity index (χ2v) is 5.88. The number of likely N-dealkylation sites (tertiary alicyclic amines) is 1. The van der Waals surface area contributed by atoms with Crippen LogP contribution in [0.25, 0.3) is 0 Å². The number of hydrogen-bond acceptors (Lipinski definition) is 3. The van der Waals surface area contributed by atoms with Gasteiger partial charge in [-0.25, -0.2) is 0 Å². The number of hydrogen-bond donors (Lipinski definition) is 1. The van der Waals surface area contributed by atoms with E-state index in [0.717, 1.165) is 29.4 Å². The smallest absolute Gasteiger partial charge is 0.0642 e. The maximum Gasteiger partial charge on any atom is 0.0642 e. The van der Waals surface area contributed by atoms with E-state index in [1.807, 2.05) is 13.0 Å². The Morgan fingerprint density at radius 2 is 2.05 bits per heavy atom. The van der Waals surface area contributed by atoms with Crippen molar-refractivity contribution in [1.29, 1.82) is 0 Å². The van der Waals surface area contributed by atoms with E-state index in [4.69, 9.17) is 17.3 Å². The normalized spacial score (nSPS) is 17.7. The Kier molecular flexibility index (Phi) is 5.08. The largest absolute Gasteiger partial charge is 0.372 e. The summed E-state index contributed by atoms with van der Waals surface area (Å²) < 4.78 is 0. The molecule has 0 aliphatic carbocycles. The van der Waals surface area contributed by atoms with Crippen molar-refractivity contribution in [3.05, 3.63) is 28.8 Å². The lowest BCUT2D eigenvalue weighted by Gasteiger charge is -2.24. The molecule has 0 spiro atoms. The highest BCUT2D eigenvalue weighted by molar-refractivity contribution is 6.33. The second kappa shape index (κ2) is 6.60. The van der Waals surface area contributed by atoms with Crippen molar-refractivity contribution >= 4 is 17.3 Å². The van der Waals surface area contributed by atoms with Crippen LogP contribution in [0.5, 0.6) is 0 Å². The molecule has 0 radical (unpaired) electrons. The maximum atomic E-state index is 6.35. The molecule has 4 heteroatoms. The minimum atomic E-state index is 0.0291. The lowest BCUT2D eigenvalue weighted by Crippen LogP contribution is -2.31. The fraction of sp³-hybridized carbons (Fsp3) is 0.600. The maximum absolute atomic E-state index is 6.35. The Morgan fingerprint density at radius 1 is 1.37 bits per heavy atom. The second-order valence-electron chi connectivity index (χ2n) is 5.47. The number of nitrogens with two attached hydrogens (primary N) is 1. The number of anilines is 1. The van der Waals surface area contributed by atoms with Crippen molar-refractivity contribution in [2.45, 2.75) is 25.8 Å². The van der Waals surface area contributed by atoms with Gasteiger partial charge in [0, 0.05) is 26.2 Å². The highest BCUT2D eigenvalue weighted by atomic mass is 35.5. The Hall–Kier alpha value is -0.770. The van der Waals surface area contributed by atoms with Crippen molar-refractivity contribution in [3.8, 4) is 0 Å². The summed E-state index contributed by atoms with van der Waals surface area (Å²) in [5.41, 5.74) is 8.04. The summed E-state index contributed by atoms with van der Waals surface area (Å²) in [4.78, 5) is 4.74. The van der Waals surface area contributed by atoms with Crippen molar-refractivity contribution < 1.29 is 0 Å². The number of rotatable bonds is 5. The van der Waals surface area contributed by atoms with Crippen molar-refractivity contribution in [2.24, 2.45) is 5.73 Å². The summed E-state index contributed by atoms with van der Waals surface area (Å²) in [6, 6.07) is 6.15. The van der Waals surface area contributed by atoms with Crippen LogP contribution >= 0.6 is 11.6 Å². The van der Waals surface area contributed by atoms with Gasteiger partial charge in [0.15, 0.2) is 0 Å². The van der Waals surface area contributed by atoms with Crippen molar-refractivity contribution in [1.82, 2.24) is 4.90 Å². The molecule has 1 heterocycles. The molecule has 1 aliphatic rings. The first kappa shape index (κ1) is 14.6. The summed E-state index contributed by atoms with van der Waals surface area (Å²) >= 11 is 6.35. The van der Waals surface area contributed by atoms with Crippen LogP contribution in [0, 0.1) is 0 Å². The van der Waals surface area contributed by atoms with Gasteiger partial charge < -0.3 is 15.5 Å². The molecule has 1 saturated heterocycles. The van der Waals surface area contributed by atoms with Crippen LogP contribution in [0.2, 0.25) is 5.02 Å². The van der Waals surface area contributed by atoms with Crippen LogP contribution in [0.15, 0.2) is 18.2 Å². The Bertz CT molecular complexity index is 414. The molecule has 0 amide bonds. The van der Waals surface area contributed by atoms with E-state index in [-0.39, 0.29) is 6.04 Å². The standard InChI is InChI=1S/C15H24ClN3/c1-12(17)13-5-6-15(14(16)11-13)18(2)9-10-19-7-3-4-8-19/h5-6,11-12H,3-4,7-10,17H2,1-2H3/t12-/m0/s1. The molecular formula is C15H24ClN3. The Balaban J connectivity index is 1.96. The zero-order chi connectivity index (χ0) is 13.8. The van der Waals surface area contributed by atoms with Crippen molar-refractivity contribution in [3.63, 3.8) is 0 Å². The molecule has 2 N–H and O–H groups in total. The minimum absolute atomic E-state index is 0.0291. The van der Waals surface area contributed by atoms with Crippen LogP contribution in [0.3, 0.4) is 0 Å². The molecule has 0 bridgehead atoms. The minimum Gasteiger partial charge on any atom is -0.372 e. The average Bonchev–Trinajstić information content (AvgIpc) is 2.88. The van der Waals surface area contributed by atoms with Gasteiger partial charge in [-0.15, -0.1) is 0 Å². The average molecular weight is 282 g/mol. The third kappa shape index (κ3) is 3.85. The highest BCUT2D eigenvalue weighted by Crippen LogP contribution is 2.27. The lowest BCUT2D eigenvalue weighted by atomic mass is 10.1. The predicted octanol–water partition coefficient (Wildman–Crippen LogP) is 2.89. The summed E-state index contributed by atoms with van der Waals surface area (Å²) in [6.07, 6.45) is 2.68. The molecule has 0 aromatic heterocycles. The van der Waals surface area contributed by atoms with E-state index >= 15 is 0 Å². The number of nitrogens with zero attached hydrogens (tertiary/aromatic N) is 2. The number of benzene rings is 1. The third-order valence-corrected chi connectivity index (χ3v) is 4.16. The van der Waals surface area contributed by atoms with Gasteiger partial charge in [-0.1, -0.05) is 17.7 Å². The Morgan fingerprint density at radius 3 is 2.63 bits per heavy atom. The van der Waals surface area contributed by atoms with E-state index in [1.54, 1.807) is 0 Å². The van der Waals surface area contributed by atoms with E-state index in [9.17, 15) is 0 Å². The molecule has 1 atom stereocenters. The molecule has 0 unspecified atom stereocenters. The van der Waals surface area contributed by atoms with Crippen LogP contribution in [0.1, 0.15) is 31.4 Å². The molecule has 1 aromatic carbocycles. The quantitative estimate of drug-likeness (QED) is 0.901. The highest BCUT2D eigenvalue weighted by Gasteiger charge is 2.13. The SMILES string of the molecule is C[C@H](N)c1ccc(N(C)CCN2CCCC2)c(Cl)c1. The van der Waals surface area contributed by atoms with Gasteiger partial charge in [-0.05, 0) is 50.6 Å². The molecule has 1 aliphatic heterocycles. The summed E-state index contributed by atoms with van der Waals surface area (Å²) in [5.74, 6) is 0. The van der Waals surface area contributed by atoms with Crippen molar-refractivity contribution in [2.75, 3.05) is 38.1 Å². The van der Waals surface area contributed by atoms with Crippen LogP contribution in [0.4, 0.5) is 5.69 Å². The van der Waals surface area contributed by atoms with Gasteiger partial charge in [-0.2, -0.15) is 0 Å². The molecule has 3 nitrogen and oxygen atoms in total. The zero-order valence-corrected chi connectivity index (χ0v) is 12.7. The van der Waals surface area contributed by atoms with Gasteiger partial charge in [0.05, 0.1) is 10.7 Å². The lowest BCUT2D eigenvalue weighted by molar-refractivity contribution is 0.346. The van der Waals surface area contributed by atoms with Crippen LogP contribution in [-0.4, -0.2) is 38.1 Å². The monoisotopic (exact) mass is 281 g/mol. The van der Waals surface area contributed by atoms with Gasteiger partial charge in [0.1, 0.15) is 0 Å². The summed E-state index contributed by atoms with van der Waals surface area (Å²) in [5, 5.41) is 0.790. The fourth-order valence-electron chi connectivity index (χ4n) is 2.53. The first-order valence-corrected chi connectivity index (χ1v) is 7.44. The number of halogens is 1. The topological polar surface area (TPSA) is 32.5 Å². The first-order valence-electron chi connectivity index (χ1n) is 7.06. The van der Waals surface area contributed by atoms with Gasteiger partial charge >= 0.3 is 0 Å². The number of likely N-dealkylation sites (N-methyl/N-ethyl adjacent to an activating group) is 1. The first-order chi connectivity index (χ1) is 9.08. The molecular weight excluding hydrogens is 258 g/mol. The van der Waals surface area contributed by atoms with E-state index in [0.29, 0.717) is 0 Å². The predicted molar refractivity (Wildman–Crippen MR) is 83.0 cm³/mol. The van der Waals surface area contributed by atoms with Crippen LogP contribution < -0.4 is 10.6 Å². The Labute approximate surface area is 121 Å². The van der Waals surface area contributed by atoms with E-state index in [1.165, 1.54) is 25.9 Å². The fourth-order valence-corrected chi connectivity index (χ4v) is 2.87. The van der Waals surface area contributed by atoms with E-state index < -0.39 is 0 Å². The third-order valence-electron chi connectivity index (χ3n) is 3.86. The zero-order valence-electron chi connectivity index (χ0n) is 11.9. The van der Waals surface area contributed by atoms with E-state index in [2.05, 4.69) is 29.0 Å². The molecule has 1 aromatic rings. The molecule has 0 saturated carbocycles. The van der Waals surface area contributed by atoms with Gasteiger partial charge in [0.25, 0.3) is 0 Å². The summed E-state index contributed by atoms with van der Waals surface area (Å²) in [6.45, 7) is 6.58.